The van der Waals surface area contributed by atoms with Crippen molar-refractivity contribution >= 4 is 17.4 Å². The fraction of sp³-hybridized carbons (Fsp3) is 0.118. The van der Waals surface area contributed by atoms with Crippen LogP contribution in [0.3, 0.4) is 0 Å². The third kappa shape index (κ3) is 4.58. The lowest BCUT2D eigenvalue weighted by molar-refractivity contribution is 0.0697. The van der Waals surface area contributed by atoms with Crippen molar-refractivity contribution in [3.05, 3.63) is 59.7 Å². The lowest BCUT2D eigenvalue weighted by atomic mass is 10.1. The molecule has 6 nitrogen and oxygen atoms in total. The van der Waals surface area contributed by atoms with Gasteiger partial charge >= 0.3 is 5.97 Å². The molecule has 2 N–H and O–H groups in total. The summed E-state index contributed by atoms with van der Waals surface area (Å²) in [6, 6.07) is 15.5. The van der Waals surface area contributed by atoms with Gasteiger partial charge in [-0.2, -0.15) is 10.4 Å². The minimum Gasteiger partial charge on any atom is -0.479 e. The molecule has 2 aromatic rings. The number of carbonyl (C=O) groups is 1. The molecule has 0 atom stereocenters. The Morgan fingerprint density at radius 1 is 1.26 bits per heavy atom. The monoisotopic (exact) mass is 309 g/mol. The van der Waals surface area contributed by atoms with Gasteiger partial charge in [0.2, 0.25) is 0 Å². The van der Waals surface area contributed by atoms with E-state index in [1.165, 1.54) is 12.1 Å². The molecule has 0 heterocycles. The van der Waals surface area contributed by atoms with E-state index in [2.05, 4.69) is 10.5 Å². The van der Waals surface area contributed by atoms with E-state index in [-0.39, 0.29) is 12.2 Å². The Morgan fingerprint density at radius 2 is 2.00 bits per heavy atom. The predicted molar refractivity (Wildman–Crippen MR) is 86.8 cm³/mol. The van der Waals surface area contributed by atoms with Gasteiger partial charge in [0.15, 0.2) is 6.61 Å². The van der Waals surface area contributed by atoms with Crippen LogP contribution in [0.25, 0.3) is 0 Å². The Kier molecular flexibility index (Phi) is 5.31. The molecule has 23 heavy (non-hydrogen) atoms. The number of rotatable bonds is 6. The first-order valence-corrected chi connectivity index (χ1v) is 6.84. The van der Waals surface area contributed by atoms with Crippen LogP contribution in [0.2, 0.25) is 0 Å². The molecule has 2 rings (SSSR count). The molecule has 0 aromatic heterocycles. The maximum absolute atomic E-state index is 10.9. The van der Waals surface area contributed by atoms with Crippen LogP contribution >= 0.6 is 0 Å². The molecule has 0 aliphatic rings. The van der Waals surface area contributed by atoms with Gasteiger partial charge in [-0.25, -0.2) is 4.79 Å². The van der Waals surface area contributed by atoms with Crippen molar-refractivity contribution in [2.75, 3.05) is 12.0 Å². The molecule has 0 unspecified atom stereocenters. The zero-order valence-corrected chi connectivity index (χ0v) is 12.5. The summed E-state index contributed by atoms with van der Waals surface area (Å²) in [4.78, 5) is 10.9. The molecular formula is C17H15N3O3. The van der Waals surface area contributed by atoms with Crippen molar-refractivity contribution < 1.29 is 14.6 Å². The summed E-state index contributed by atoms with van der Waals surface area (Å²) in [5.41, 5.74) is 5.25. The number of hydrazone groups is 1. The summed E-state index contributed by atoms with van der Waals surface area (Å²) in [5, 5.41) is 21.7. The van der Waals surface area contributed by atoms with Crippen LogP contribution in [0.4, 0.5) is 5.69 Å². The Bertz CT molecular complexity index is 761. The molecule has 0 aliphatic carbocycles. The van der Waals surface area contributed by atoms with Crippen LogP contribution in [-0.2, 0) is 0 Å². The van der Waals surface area contributed by atoms with Gasteiger partial charge in [0.05, 0.1) is 17.0 Å². The normalized spacial score (nSPS) is 10.7. The molecule has 0 saturated carbocycles. The quantitative estimate of drug-likeness (QED) is 0.631. The second kappa shape index (κ2) is 7.61. The maximum Gasteiger partial charge on any atom is 0.335 e. The fourth-order valence-electron chi connectivity index (χ4n) is 1.84. The Labute approximate surface area is 133 Å². The van der Waals surface area contributed by atoms with Crippen LogP contribution in [0.15, 0.2) is 53.6 Å². The van der Waals surface area contributed by atoms with Crippen molar-refractivity contribution in [1.82, 2.24) is 0 Å². The summed E-state index contributed by atoms with van der Waals surface area (Å²) in [7, 11) is 0. The fourth-order valence-corrected chi connectivity index (χ4v) is 1.84. The van der Waals surface area contributed by atoms with Gasteiger partial charge in [-0.05, 0) is 55.0 Å². The second-order valence-corrected chi connectivity index (χ2v) is 4.67. The summed E-state index contributed by atoms with van der Waals surface area (Å²) in [6.45, 7) is 1.84. The first-order chi connectivity index (χ1) is 11.1. The topological polar surface area (TPSA) is 94.7 Å². The molecule has 0 aliphatic heterocycles. The zero-order valence-electron chi connectivity index (χ0n) is 12.5. The molecule has 0 amide bonds. The van der Waals surface area contributed by atoms with E-state index in [1.54, 1.807) is 24.3 Å². The highest BCUT2D eigenvalue weighted by molar-refractivity contribution is 5.99. The highest BCUT2D eigenvalue weighted by atomic mass is 16.5. The minimum atomic E-state index is -0.984. The number of carboxylic acids is 1. The van der Waals surface area contributed by atoms with Crippen LogP contribution in [-0.4, -0.2) is 23.4 Å². The van der Waals surface area contributed by atoms with E-state index < -0.39 is 5.97 Å². The lowest BCUT2D eigenvalue weighted by Crippen LogP contribution is -2.01. The number of nitrogens with zero attached hydrogens (tertiary/aromatic N) is 2. The Morgan fingerprint density at radius 3 is 2.65 bits per heavy atom. The van der Waals surface area contributed by atoms with E-state index in [0.29, 0.717) is 11.4 Å². The molecule has 0 saturated heterocycles. The van der Waals surface area contributed by atoms with Crippen molar-refractivity contribution in [3.8, 4) is 11.8 Å². The first kappa shape index (κ1) is 16.0. The van der Waals surface area contributed by atoms with Crippen LogP contribution in [0.1, 0.15) is 22.8 Å². The summed E-state index contributed by atoms with van der Waals surface area (Å²) in [5.74, 6) is -0.368. The van der Waals surface area contributed by atoms with Gasteiger partial charge in [-0.15, -0.1) is 0 Å². The molecule has 0 spiro atoms. The largest absolute Gasteiger partial charge is 0.479 e. The summed E-state index contributed by atoms with van der Waals surface area (Å²) in [6.07, 6.45) is 0. The van der Waals surface area contributed by atoms with Gasteiger partial charge in [0.1, 0.15) is 11.8 Å². The number of anilines is 1. The smallest absolute Gasteiger partial charge is 0.335 e. The third-order valence-electron chi connectivity index (χ3n) is 3.04. The number of hydrogen-bond donors (Lipinski definition) is 2. The third-order valence-corrected chi connectivity index (χ3v) is 3.04. The van der Waals surface area contributed by atoms with Gasteiger partial charge in [0, 0.05) is 0 Å². The highest BCUT2D eigenvalue weighted by Gasteiger charge is 2.03. The molecular weight excluding hydrogens is 294 g/mol. The lowest BCUT2D eigenvalue weighted by Gasteiger charge is -2.06. The number of nitriles is 1. The van der Waals surface area contributed by atoms with Gasteiger partial charge in [-0.1, -0.05) is 6.07 Å². The maximum atomic E-state index is 10.9. The van der Waals surface area contributed by atoms with E-state index in [1.807, 2.05) is 25.1 Å². The first-order valence-electron chi connectivity index (χ1n) is 6.84. The number of aromatic carboxylic acids is 1. The average molecular weight is 309 g/mol. The van der Waals surface area contributed by atoms with E-state index >= 15 is 0 Å². The van der Waals surface area contributed by atoms with Gasteiger partial charge < -0.3 is 9.84 Å². The summed E-state index contributed by atoms with van der Waals surface area (Å²) >= 11 is 0. The minimum absolute atomic E-state index is 0.00783. The zero-order chi connectivity index (χ0) is 16.7. The molecule has 0 radical (unpaired) electrons. The van der Waals surface area contributed by atoms with E-state index in [9.17, 15) is 4.79 Å². The Hall–Kier alpha value is -3.33. The molecule has 6 heteroatoms. The number of benzene rings is 2. The molecule has 2 aromatic carbocycles. The highest BCUT2D eigenvalue weighted by Crippen LogP contribution is 2.14. The number of hydrogen-bond acceptors (Lipinski definition) is 5. The van der Waals surface area contributed by atoms with Crippen LogP contribution in [0.5, 0.6) is 5.75 Å². The van der Waals surface area contributed by atoms with Gasteiger partial charge in [0.25, 0.3) is 0 Å². The van der Waals surface area contributed by atoms with Crippen molar-refractivity contribution in [1.29, 1.82) is 5.26 Å². The van der Waals surface area contributed by atoms with E-state index in [4.69, 9.17) is 15.1 Å². The number of carboxylic acid groups (broad SMARTS) is 1. The van der Waals surface area contributed by atoms with Gasteiger partial charge in [-0.3, -0.25) is 5.43 Å². The van der Waals surface area contributed by atoms with Crippen molar-refractivity contribution in [2.24, 2.45) is 5.10 Å². The van der Waals surface area contributed by atoms with E-state index in [0.717, 1.165) is 11.3 Å². The van der Waals surface area contributed by atoms with Crippen molar-refractivity contribution in [3.63, 3.8) is 0 Å². The second-order valence-electron chi connectivity index (χ2n) is 4.67. The molecule has 0 fully saturated rings. The summed E-state index contributed by atoms with van der Waals surface area (Å²) < 4.78 is 5.18. The standard InChI is InChI=1S/C17H15N3O3/c1-12(13-5-7-16(8-6-13)23-10-9-18)19-20-15-4-2-3-14(11-15)17(21)22/h2-8,11,20H,10H2,1H3,(H,21,22)/b19-12+. The van der Waals surface area contributed by atoms with Crippen molar-refractivity contribution in [2.45, 2.75) is 6.92 Å². The number of ether oxygens (including phenoxy) is 1. The molecule has 0 bridgehead atoms. The predicted octanol–water partition coefficient (Wildman–Crippen LogP) is 3.12. The number of nitrogens with one attached hydrogen (secondary N) is 1. The van der Waals surface area contributed by atoms with Crippen LogP contribution in [0, 0.1) is 11.3 Å². The van der Waals surface area contributed by atoms with Crippen LogP contribution < -0.4 is 10.2 Å². The Balaban J connectivity index is 2.06. The SMILES string of the molecule is C/C(=N\Nc1cccc(C(=O)O)c1)c1ccc(OCC#N)cc1. The average Bonchev–Trinajstić information content (AvgIpc) is 2.58. The molecule has 116 valence electrons.